The van der Waals surface area contributed by atoms with Gasteiger partial charge in [0.2, 0.25) is 0 Å². The van der Waals surface area contributed by atoms with Crippen LogP contribution in [0.15, 0.2) is 0 Å². The van der Waals surface area contributed by atoms with Crippen LogP contribution in [-0.4, -0.2) is 37.4 Å². The number of carbonyl (C=O) groups excluding carboxylic acids is 2. The maximum atomic E-state index is 11.8. The molecule has 5 heteroatoms. The molecule has 0 saturated carbocycles. The Morgan fingerprint density at radius 2 is 2.22 bits per heavy atom. The van der Waals surface area contributed by atoms with Crippen molar-refractivity contribution in [3.63, 3.8) is 0 Å². The molecule has 0 spiro atoms. The van der Waals surface area contributed by atoms with Crippen molar-refractivity contribution in [2.45, 2.75) is 45.8 Å². The van der Waals surface area contributed by atoms with Crippen LogP contribution in [0.1, 0.15) is 33.6 Å². The van der Waals surface area contributed by atoms with E-state index in [4.69, 9.17) is 14.2 Å². The summed E-state index contributed by atoms with van der Waals surface area (Å²) in [6.45, 7) is 6.22. The molecule has 0 aromatic carbocycles. The largest absolute Gasteiger partial charge is 0.463 e. The van der Waals surface area contributed by atoms with Gasteiger partial charge in [0.15, 0.2) is 0 Å². The van der Waals surface area contributed by atoms with Crippen LogP contribution >= 0.6 is 0 Å². The predicted octanol–water partition coefficient (Wildman–Crippen LogP) is 1.30. The van der Waals surface area contributed by atoms with E-state index in [0.717, 1.165) is 6.42 Å². The minimum absolute atomic E-state index is 0.152. The Bertz CT molecular complexity index is 349. The van der Waals surface area contributed by atoms with Gasteiger partial charge in [-0.05, 0) is 26.7 Å². The highest BCUT2D eigenvalue weighted by atomic mass is 16.6. The van der Waals surface area contributed by atoms with E-state index in [0.29, 0.717) is 13.0 Å². The summed E-state index contributed by atoms with van der Waals surface area (Å²) < 4.78 is 15.8. The Morgan fingerprint density at radius 3 is 2.83 bits per heavy atom. The monoisotopic (exact) mass is 256 g/mol. The second-order valence-electron chi connectivity index (χ2n) is 5.60. The Labute approximate surface area is 107 Å². The Balaban J connectivity index is 1.79. The molecule has 0 amide bonds. The van der Waals surface area contributed by atoms with Crippen LogP contribution in [0.2, 0.25) is 0 Å². The molecular weight excluding hydrogens is 236 g/mol. The molecule has 2 aliphatic rings. The fourth-order valence-corrected chi connectivity index (χ4v) is 2.12. The molecule has 2 fully saturated rings. The van der Waals surface area contributed by atoms with Crippen LogP contribution in [0, 0.1) is 11.3 Å². The van der Waals surface area contributed by atoms with Gasteiger partial charge in [0.05, 0.1) is 17.4 Å². The summed E-state index contributed by atoms with van der Waals surface area (Å²) in [4.78, 5) is 23.1. The van der Waals surface area contributed by atoms with Gasteiger partial charge in [-0.3, -0.25) is 9.59 Å². The van der Waals surface area contributed by atoms with Gasteiger partial charge in [-0.1, -0.05) is 6.92 Å². The summed E-state index contributed by atoms with van der Waals surface area (Å²) in [5.41, 5.74) is -0.465. The first-order chi connectivity index (χ1) is 8.44. The Hall–Kier alpha value is -1.10. The zero-order valence-corrected chi connectivity index (χ0v) is 11.1. The number of hydrogen-bond acceptors (Lipinski definition) is 5. The minimum Gasteiger partial charge on any atom is -0.463 e. The molecule has 5 nitrogen and oxygen atoms in total. The van der Waals surface area contributed by atoms with Crippen molar-refractivity contribution in [3.8, 4) is 0 Å². The normalized spacial score (nSPS) is 31.1. The van der Waals surface area contributed by atoms with E-state index in [2.05, 4.69) is 0 Å². The number of cyclic esters (lactones) is 1. The lowest BCUT2D eigenvalue weighted by atomic mass is 9.91. The molecule has 2 rings (SSSR count). The molecule has 102 valence electrons. The summed E-state index contributed by atoms with van der Waals surface area (Å²) in [5, 5.41) is 0. The Morgan fingerprint density at radius 1 is 1.50 bits per heavy atom. The van der Waals surface area contributed by atoms with Crippen molar-refractivity contribution in [1.29, 1.82) is 0 Å². The topological polar surface area (TPSA) is 61.8 Å². The van der Waals surface area contributed by atoms with Crippen molar-refractivity contribution >= 4 is 11.9 Å². The first kappa shape index (κ1) is 13.3. The van der Waals surface area contributed by atoms with E-state index in [1.54, 1.807) is 0 Å². The molecule has 0 aromatic heterocycles. The van der Waals surface area contributed by atoms with Gasteiger partial charge in [-0.25, -0.2) is 0 Å². The summed E-state index contributed by atoms with van der Waals surface area (Å²) in [5.74, 6) is -0.580. The van der Waals surface area contributed by atoms with Crippen molar-refractivity contribution in [2.24, 2.45) is 11.3 Å². The number of rotatable bonds is 4. The van der Waals surface area contributed by atoms with E-state index >= 15 is 0 Å². The molecule has 0 bridgehead atoms. The van der Waals surface area contributed by atoms with Crippen LogP contribution in [0.5, 0.6) is 0 Å². The molecule has 2 heterocycles. The fourth-order valence-electron chi connectivity index (χ4n) is 2.12. The average Bonchev–Trinajstić information content (AvgIpc) is 2.88. The SMILES string of the molecule is CCC(C)(C)C(=O)OCC1CC2C(=O)OCC2O1. The van der Waals surface area contributed by atoms with Crippen LogP contribution in [-0.2, 0) is 23.8 Å². The van der Waals surface area contributed by atoms with Crippen LogP contribution < -0.4 is 0 Å². The lowest BCUT2D eigenvalue weighted by molar-refractivity contribution is -0.158. The quantitative estimate of drug-likeness (QED) is 0.709. The molecule has 2 aliphatic heterocycles. The van der Waals surface area contributed by atoms with E-state index in [-0.39, 0.29) is 36.7 Å². The second kappa shape index (κ2) is 4.88. The van der Waals surface area contributed by atoms with Crippen LogP contribution in [0.25, 0.3) is 0 Å². The van der Waals surface area contributed by atoms with E-state index in [9.17, 15) is 9.59 Å². The molecular formula is C13H20O5. The number of carbonyl (C=O) groups is 2. The third kappa shape index (κ3) is 2.51. The van der Waals surface area contributed by atoms with Crippen molar-refractivity contribution in [2.75, 3.05) is 13.2 Å². The first-order valence-electron chi connectivity index (χ1n) is 6.43. The average molecular weight is 256 g/mol. The van der Waals surface area contributed by atoms with Gasteiger partial charge in [-0.2, -0.15) is 0 Å². The molecule has 3 unspecified atom stereocenters. The van der Waals surface area contributed by atoms with Gasteiger partial charge in [-0.15, -0.1) is 0 Å². The smallest absolute Gasteiger partial charge is 0.311 e. The standard InChI is InChI=1S/C13H20O5/c1-4-13(2,3)12(15)17-6-8-5-9-10(18-8)7-16-11(9)14/h8-10H,4-7H2,1-3H3. The zero-order chi connectivity index (χ0) is 13.3. The molecule has 3 atom stereocenters. The number of hydrogen-bond donors (Lipinski definition) is 0. The van der Waals surface area contributed by atoms with Crippen LogP contribution in [0.3, 0.4) is 0 Å². The highest BCUT2D eigenvalue weighted by molar-refractivity contribution is 5.76. The summed E-state index contributed by atoms with van der Waals surface area (Å²) >= 11 is 0. The second-order valence-corrected chi connectivity index (χ2v) is 5.60. The fraction of sp³-hybridized carbons (Fsp3) is 0.846. The van der Waals surface area contributed by atoms with E-state index < -0.39 is 5.41 Å². The van der Waals surface area contributed by atoms with Crippen molar-refractivity contribution < 1.29 is 23.8 Å². The molecule has 0 N–H and O–H groups in total. The summed E-state index contributed by atoms with van der Waals surface area (Å²) in [6, 6.07) is 0. The summed E-state index contributed by atoms with van der Waals surface area (Å²) in [6.07, 6.45) is 0.989. The van der Waals surface area contributed by atoms with Crippen molar-refractivity contribution in [3.05, 3.63) is 0 Å². The summed E-state index contributed by atoms with van der Waals surface area (Å²) in [7, 11) is 0. The van der Waals surface area contributed by atoms with Gasteiger partial charge in [0.25, 0.3) is 0 Å². The maximum Gasteiger partial charge on any atom is 0.311 e. The van der Waals surface area contributed by atoms with E-state index in [1.165, 1.54) is 0 Å². The van der Waals surface area contributed by atoms with Gasteiger partial charge >= 0.3 is 11.9 Å². The number of ether oxygens (including phenoxy) is 3. The van der Waals surface area contributed by atoms with Crippen LogP contribution in [0.4, 0.5) is 0 Å². The molecule has 0 radical (unpaired) electrons. The lowest BCUT2D eigenvalue weighted by Crippen LogP contribution is -2.29. The van der Waals surface area contributed by atoms with Gasteiger partial charge in [0.1, 0.15) is 19.3 Å². The first-order valence-corrected chi connectivity index (χ1v) is 6.43. The molecule has 0 aromatic rings. The molecule has 18 heavy (non-hydrogen) atoms. The maximum absolute atomic E-state index is 11.8. The predicted molar refractivity (Wildman–Crippen MR) is 62.8 cm³/mol. The van der Waals surface area contributed by atoms with E-state index in [1.807, 2.05) is 20.8 Å². The third-order valence-electron chi connectivity index (χ3n) is 3.86. The third-order valence-corrected chi connectivity index (χ3v) is 3.86. The molecule has 0 aliphatic carbocycles. The molecule has 2 saturated heterocycles. The number of esters is 2. The Kier molecular flexibility index (Phi) is 3.61. The highest BCUT2D eigenvalue weighted by Gasteiger charge is 2.46. The van der Waals surface area contributed by atoms with Crippen molar-refractivity contribution in [1.82, 2.24) is 0 Å². The minimum atomic E-state index is -0.465. The van der Waals surface area contributed by atoms with Gasteiger partial charge in [0, 0.05) is 0 Å². The highest BCUT2D eigenvalue weighted by Crippen LogP contribution is 2.33. The van der Waals surface area contributed by atoms with Gasteiger partial charge < -0.3 is 14.2 Å². The number of fused-ring (bicyclic) bond motifs is 1. The lowest BCUT2D eigenvalue weighted by Gasteiger charge is -2.21. The zero-order valence-electron chi connectivity index (χ0n) is 11.1.